The van der Waals surface area contributed by atoms with Crippen LogP contribution in [0.15, 0.2) is 0 Å². The molecule has 4 heteroatoms. The molecule has 1 amide bonds. The van der Waals surface area contributed by atoms with Crippen molar-refractivity contribution in [1.29, 1.82) is 0 Å². The summed E-state index contributed by atoms with van der Waals surface area (Å²) in [5.74, 6) is 0.885. The second-order valence-electron chi connectivity index (χ2n) is 5.00. The van der Waals surface area contributed by atoms with E-state index in [4.69, 9.17) is 5.73 Å². The first-order chi connectivity index (χ1) is 7.09. The number of primary amides is 1. The highest BCUT2D eigenvalue weighted by Gasteiger charge is 2.57. The minimum Gasteiger partial charge on any atom is -0.368 e. The third-order valence-corrected chi connectivity index (χ3v) is 4.35. The van der Waals surface area contributed by atoms with Crippen molar-refractivity contribution in [2.45, 2.75) is 25.8 Å². The van der Waals surface area contributed by atoms with E-state index in [-0.39, 0.29) is 11.4 Å². The zero-order chi connectivity index (χ0) is 11.1. The Bertz CT molecular complexity index is 263. The van der Waals surface area contributed by atoms with Crippen LogP contribution in [0.25, 0.3) is 0 Å². The molecule has 2 rings (SSSR count). The van der Waals surface area contributed by atoms with Crippen LogP contribution in [0.5, 0.6) is 0 Å². The number of nitrogens with zero attached hydrogens (tertiary/aromatic N) is 1. The second kappa shape index (κ2) is 3.76. The maximum absolute atomic E-state index is 11.7. The lowest BCUT2D eigenvalue weighted by Crippen LogP contribution is -2.71. The lowest BCUT2D eigenvalue weighted by atomic mass is 9.59. The third-order valence-electron chi connectivity index (χ3n) is 4.35. The number of hydrogen-bond donors (Lipinski definition) is 2. The highest BCUT2D eigenvalue weighted by molar-refractivity contribution is 5.86. The zero-order valence-electron chi connectivity index (χ0n) is 9.62. The third kappa shape index (κ3) is 1.47. The van der Waals surface area contributed by atoms with E-state index in [1.165, 1.54) is 0 Å². The molecule has 0 aromatic heterocycles. The van der Waals surface area contributed by atoms with Crippen molar-refractivity contribution < 1.29 is 4.79 Å². The van der Waals surface area contributed by atoms with Gasteiger partial charge in [-0.25, -0.2) is 0 Å². The fourth-order valence-electron chi connectivity index (χ4n) is 3.13. The standard InChI is InChI=1S/C11H21N3O/c1-8-7-11(9(8)2,10(12)15)14-5-3-13-4-6-14/h8-9,13H,3-7H2,1-2H3,(H2,12,15). The molecule has 0 aromatic rings. The molecule has 1 saturated heterocycles. The Kier molecular flexibility index (Phi) is 2.73. The molecule has 0 bridgehead atoms. The van der Waals surface area contributed by atoms with Gasteiger partial charge in [-0.15, -0.1) is 0 Å². The molecule has 2 fully saturated rings. The lowest BCUT2D eigenvalue weighted by molar-refractivity contribution is -0.151. The van der Waals surface area contributed by atoms with E-state index >= 15 is 0 Å². The van der Waals surface area contributed by atoms with Gasteiger partial charge in [-0.2, -0.15) is 0 Å². The van der Waals surface area contributed by atoms with Crippen LogP contribution in [-0.2, 0) is 4.79 Å². The summed E-state index contributed by atoms with van der Waals surface area (Å²) >= 11 is 0. The van der Waals surface area contributed by atoms with Gasteiger partial charge in [-0.05, 0) is 18.3 Å². The Morgan fingerprint density at radius 2 is 2.00 bits per heavy atom. The molecule has 1 heterocycles. The summed E-state index contributed by atoms with van der Waals surface area (Å²) in [7, 11) is 0. The predicted molar refractivity (Wildman–Crippen MR) is 59.3 cm³/mol. The van der Waals surface area contributed by atoms with E-state index in [2.05, 4.69) is 24.1 Å². The summed E-state index contributed by atoms with van der Waals surface area (Å²) in [5.41, 5.74) is 5.27. The maximum Gasteiger partial charge on any atom is 0.238 e. The maximum atomic E-state index is 11.7. The highest BCUT2D eigenvalue weighted by atomic mass is 16.1. The van der Waals surface area contributed by atoms with Gasteiger partial charge in [0.25, 0.3) is 0 Å². The molecule has 1 aliphatic heterocycles. The summed E-state index contributed by atoms with van der Waals surface area (Å²) in [6.45, 7) is 8.18. The Hall–Kier alpha value is -0.610. The molecule has 3 atom stereocenters. The number of nitrogens with two attached hydrogens (primary N) is 1. The first-order valence-electron chi connectivity index (χ1n) is 5.84. The van der Waals surface area contributed by atoms with Crippen LogP contribution in [0, 0.1) is 11.8 Å². The van der Waals surface area contributed by atoms with E-state index in [0.717, 1.165) is 32.6 Å². The summed E-state index contributed by atoms with van der Waals surface area (Å²) in [6, 6.07) is 0. The van der Waals surface area contributed by atoms with Crippen molar-refractivity contribution >= 4 is 5.91 Å². The fourth-order valence-corrected chi connectivity index (χ4v) is 3.13. The Morgan fingerprint density at radius 1 is 1.40 bits per heavy atom. The minimum absolute atomic E-state index is 0.130. The van der Waals surface area contributed by atoms with Crippen molar-refractivity contribution in [3.8, 4) is 0 Å². The van der Waals surface area contributed by atoms with Gasteiger partial charge < -0.3 is 11.1 Å². The predicted octanol–water partition coefficient (Wildman–Crippen LogP) is -0.208. The normalized spacial score (nSPS) is 42.3. The van der Waals surface area contributed by atoms with Crippen molar-refractivity contribution in [1.82, 2.24) is 10.2 Å². The van der Waals surface area contributed by atoms with Crippen LogP contribution < -0.4 is 11.1 Å². The van der Waals surface area contributed by atoms with Crippen molar-refractivity contribution in [2.24, 2.45) is 17.6 Å². The number of carbonyl (C=O) groups is 1. The molecule has 1 saturated carbocycles. The Morgan fingerprint density at radius 3 is 2.40 bits per heavy atom. The van der Waals surface area contributed by atoms with Crippen LogP contribution in [-0.4, -0.2) is 42.5 Å². The van der Waals surface area contributed by atoms with Gasteiger partial charge in [0.05, 0.1) is 0 Å². The Labute approximate surface area is 91.2 Å². The molecular weight excluding hydrogens is 190 g/mol. The van der Waals surface area contributed by atoms with Crippen LogP contribution in [0.3, 0.4) is 0 Å². The summed E-state index contributed by atoms with van der Waals surface area (Å²) in [6.07, 6.45) is 0.934. The first kappa shape index (κ1) is 10.9. The van der Waals surface area contributed by atoms with Crippen molar-refractivity contribution in [3.05, 3.63) is 0 Å². The monoisotopic (exact) mass is 211 g/mol. The summed E-state index contributed by atoms with van der Waals surface area (Å²) in [5, 5.41) is 3.31. The molecule has 0 aromatic carbocycles. The molecule has 15 heavy (non-hydrogen) atoms. The zero-order valence-corrected chi connectivity index (χ0v) is 9.62. The molecule has 3 unspecified atom stereocenters. The van der Waals surface area contributed by atoms with Crippen LogP contribution in [0.4, 0.5) is 0 Å². The van der Waals surface area contributed by atoms with E-state index < -0.39 is 0 Å². The number of nitrogens with one attached hydrogen (secondary N) is 1. The quantitative estimate of drug-likeness (QED) is 0.664. The molecule has 4 nitrogen and oxygen atoms in total. The molecule has 0 spiro atoms. The second-order valence-corrected chi connectivity index (χ2v) is 5.00. The minimum atomic E-state index is -0.346. The van der Waals surface area contributed by atoms with E-state index in [1.807, 2.05) is 0 Å². The van der Waals surface area contributed by atoms with Gasteiger partial charge in [0.15, 0.2) is 0 Å². The molecule has 3 N–H and O–H groups in total. The number of carbonyl (C=O) groups excluding carboxylic acids is 1. The number of rotatable bonds is 2. The topological polar surface area (TPSA) is 58.4 Å². The average molecular weight is 211 g/mol. The molecule has 2 aliphatic rings. The highest BCUT2D eigenvalue weighted by Crippen LogP contribution is 2.47. The first-order valence-corrected chi connectivity index (χ1v) is 5.84. The molecular formula is C11H21N3O. The number of piperazine rings is 1. The van der Waals surface area contributed by atoms with Gasteiger partial charge in [0.2, 0.25) is 5.91 Å². The van der Waals surface area contributed by atoms with Crippen LogP contribution in [0.2, 0.25) is 0 Å². The Balaban J connectivity index is 2.16. The van der Waals surface area contributed by atoms with Gasteiger partial charge in [0.1, 0.15) is 5.54 Å². The summed E-state index contributed by atoms with van der Waals surface area (Å²) in [4.78, 5) is 14.0. The molecule has 86 valence electrons. The smallest absolute Gasteiger partial charge is 0.238 e. The number of amides is 1. The lowest BCUT2D eigenvalue weighted by Gasteiger charge is -2.57. The fraction of sp³-hybridized carbons (Fsp3) is 0.909. The van der Waals surface area contributed by atoms with Gasteiger partial charge >= 0.3 is 0 Å². The molecule has 0 radical (unpaired) electrons. The average Bonchev–Trinajstić information content (AvgIpc) is 2.25. The SMILES string of the molecule is CC1CC(C(N)=O)(N2CCNCC2)C1C. The van der Waals surface area contributed by atoms with E-state index in [9.17, 15) is 4.79 Å². The molecule has 1 aliphatic carbocycles. The number of hydrogen-bond acceptors (Lipinski definition) is 3. The van der Waals surface area contributed by atoms with Crippen molar-refractivity contribution in [3.63, 3.8) is 0 Å². The van der Waals surface area contributed by atoms with Crippen LogP contribution in [0.1, 0.15) is 20.3 Å². The van der Waals surface area contributed by atoms with Crippen molar-refractivity contribution in [2.75, 3.05) is 26.2 Å². The van der Waals surface area contributed by atoms with Gasteiger partial charge in [-0.3, -0.25) is 9.69 Å². The largest absolute Gasteiger partial charge is 0.368 e. The van der Waals surface area contributed by atoms with Gasteiger partial charge in [0, 0.05) is 26.2 Å². The van der Waals surface area contributed by atoms with Crippen LogP contribution >= 0.6 is 0 Å². The summed E-state index contributed by atoms with van der Waals surface area (Å²) < 4.78 is 0. The van der Waals surface area contributed by atoms with Gasteiger partial charge in [-0.1, -0.05) is 13.8 Å². The van der Waals surface area contributed by atoms with E-state index in [0.29, 0.717) is 11.8 Å². The van der Waals surface area contributed by atoms with E-state index in [1.54, 1.807) is 0 Å².